The lowest BCUT2D eigenvalue weighted by Crippen LogP contribution is -2.00. The molecule has 1 aliphatic carbocycles. The van der Waals surface area contributed by atoms with Crippen molar-refractivity contribution >= 4 is 44.3 Å². The van der Waals surface area contributed by atoms with Crippen molar-refractivity contribution in [3.8, 4) is 0 Å². The minimum absolute atomic E-state index is 0.303. The van der Waals surface area contributed by atoms with Crippen LogP contribution in [0.2, 0.25) is 0 Å². The van der Waals surface area contributed by atoms with Crippen LogP contribution in [0.15, 0.2) is 44.8 Å². The normalized spacial score (nSPS) is 13.6. The molecule has 6 heteroatoms. The number of thiophene rings is 1. The van der Waals surface area contributed by atoms with Crippen LogP contribution in [-0.4, -0.2) is 9.97 Å². The van der Waals surface area contributed by atoms with Gasteiger partial charge in [0.2, 0.25) is 0 Å². The summed E-state index contributed by atoms with van der Waals surface area (Å²) in [5.41, 5.74) is 3.85. The molecule has 0 fully saturated rings. The molecule has 0 spiro atoms. The number of hydrogen-bond acceptors (Lipinski definition) is 6. The molecule has 0 unspecified atom stereocenters. The monoisotopic (exact) mass is 380 g/mol. The summed E-state index contributed by atoms with van der Waals surface area (Å²) in [5, 5.41) is 3.23. The summed E-state index contributed by atoms with van der Waals surface area (Å²) in [5.74, 6) is 0.682. The minimum Gasteiger partial charge on any atom is -0.423 e. The molecule has 0 bridgehead atoms. The average molecular weight is 380 g/mol. The van der Waals surface area contributed by atoms with Crippen LogP contribution in [0.1, 0.15) is 28.0 Å². The second kappa shape index (κ2) is 6.21. The second-order valence-electron chi connectivity index (χ2n) is 6.60. The third-order valence-electron chi connectivity index (χ3n) is 4.82. The summed E-state index contributed by atoms with van der Waals surface area (Å²) in [4.78, 5) is 23.5. The summed E-state index contributed by atoms with van der Waals surface area (Å²) in [7, 11) is 0. The van der Waals surface area contributed by atoms with E-state index in [0.717, 1.165) is 39.2 Å². The first-order valence-electron chi connectivity index (χ1n) is 8.60. The van der Waals surface area contributed by atoms with Gasteiger partial charge in [-0.25, -0.2) is 14.8 Å². The zero-order chi connectivity index (χ0) is 17.7. The number of aryl methyl sites for hydroxylation is 3. The molecule has 5 rings (SSSR count). The van der Waals surface area contributed by atoms with Gasteiger partial charge in [0.25, 0.3) is 0 Å². The van der Waals surface area contributed by atoms with Crippen LogP contribution in [0.25, 0.3) is 21.2 Å². The smallest absolute Gasteiger partial charge is 0.336 e. The van der Waals surface area contributed by atoms with Gasteiger partial charge in [-0.1, -0.05) is 12.1 Å². The average Bonchev–Trinajstić information content (AvgIpc) is 3.20. The van der Waals surface area contributed by atoms with E-state index in [0.29, 0.717) is 11.3 Å². The standard InChI is InChI=1S/C20H16N2O2S2/c1-11-5-6-13-12(8-17(23)24-15(13)7-11)9-25-19-18-14-3-2-4-16(14)26-20(18)22-10-21-19/h5-8,10H,2-4,9H2,1H3. The molecule has 0 saturated carbocycles. The zero-order valence-electron chi connectivity index (χ0n) is 14.2. The van der Waals surface area contributed by atoms with E-state index in [9.17, 15) is 4.79 Å². The fourth-order valence-electron chi connectivity index (χ4n) is 3.61. The first-order valence-corrected chi connectivity index (χ1v) is 10.4. The predicted octanol–water partition coefficient (Wildman–Crippen LogP) is 4.89. The third-order valence-corrected chi connectivity index (χ3v) is 7.05. The van der Waals surface area contributed by atoms with Crippen molar-refractivity contribution < 1.29 is 4.42 Å². The molecule has 0 N–H and O–H groups in total. The fraction of sp³-hybridized carbons (Fsp3) is 0.250. The molecule has 3 heterocycles. The quantitative estimate of drug-likeness (QED) is 0.288. The van der Waals surface area contributed by atoms with Gasteiger partial charge in [-0.15, -0.1) is 23.1 Å². The van der Waals surface area contributed by atoms with Crippen molar-refractivity contribution in [2.75, 3.05) is 0 Å². The number of nitrogens with zero attached hydrogens (tertiary/aromatic N) is 2. The Hall–Kier alpha value is -2.18. The number of hydrogen-bond donors (Lipinski definition) is 0. The van der Waals surface area contributed by atoms with E-state index in [-0.39, 0.29) is 5.63 Å². The van der Waals surface area contributed by atoms with E-state index in [1.54, 1.807) is 35.5 Å². The molecule has 1 aromatic carbocycles. The number of thioether (sulfide) groups is 1. The summed E-state index contributed by atoms with van der Waals surface area (Å²) in [6.45, 7) is 2.00. The van der Waals surface area contributed by atoms with E-state index in [4.69, 9.17) is 4.42 Å². The third kappa shape index (κ3) is 2.64. The largest absolute Gasteiger partial charge is 0.423 e. The molecule has 130 valence electrons. The SMILES string of the molecule is Cc1ccc2c(CSc3ncnc4sc5c(c34)CCC5)cc(=O)oc2c1. The van der Waals surface area contributed by atoms with Gasteiger partial charge >= 0.3 is 5.63 Å². The first-order chi connectivity index (χ1) is 12.7. The van der Waals surface area contributed by atoms with Gasteiger partial charge in [0, 0.05) is 27.5 Å². The molecule has 0 aliphatic heterocycles. The van der Waals surface area contributed by atoms with Gasteiger partial charge in [-0.3, -0.25) is 0 Å². The van der Waals surface area contributed by atoms with Crippen LogP contribution in [0, 0.1) is 6.92 Å². The Morgan fingerprint density at radius 1 is 1.23 bits per heavy atom. The molecule has 0 atom stereocenters. The van der Waals surface area contributed by atoms with Crippen LogP contribution in [0.3, 0.4) is 0 Å². The highest BCUT2D eigenvalue weighted by Crippen LogP contribution is 2.40. The van der Waals surface area contributed by atoms with Crippen LogP contribution in [0.4, 0.5) is 0 Å². The highest BCUT2D eigenvalue weighted by atomic mass is 32.2. The minimum atomic E-state index is -0.303. The summed E-state index contributed by atoms with van der Waals surface area (Å²) in [6, 6.07) is 7.59. The van der Waals surface area contributed by atoms with Gasteiger partial charge in [0.1, 0.15) is 21.8 Å². The molecule has 4 nitrogen and oxygen atoms in total. The van der Waals surface area contributed by atoms with Crippen LogP contribution >= 0.6 is 23.1 Å². The second-order valence-corrected chi connectivity index (χ2v) is 8.64. The summed E-state index contributed by atoms with van der Waals surface area (Å²) < 4.78 is 5.36. The molecule has 26 heavy (non-hydrogen) atoms. The molecule has 1 aliphatic rings. The molecule has 0 amide bonds. The Morgan fingerprint density at radius 3 is 3.08 bits per heavy atom. The lowest BCUT2D eigenvalue weighted by atomic mass is 10.1. The maximum Gasteiger partial charge on any atom is 0.336 e. The Labute approximate surface area is 158 Å². The van der Waals surface area contributed by atoms with E-state index in [2.05, 4.69) is 9.97 Å². The maximum absolute atomic E-state index is 12.0. The predicted molar refractivity (Wildman–Crippen MR) is 106 cm³/mol. The number of rotatable bonds is 3. The van der Waals surface area contributed by atoms with Gasteiger partial charge in [-0.05, 0) is 48.9 Å². The molecule has 0 saturated heterocycles. The summed E-state index contributed by atoms with van der Waals surface area (Å²) in [6.07, 6.45) is 5.15. The van der Waals surface area contributed by atoms with E-state index in [1.807, 2.05) is 25.1 Å². The molecule has 0 radical (unpaired) electrons. The fourth-order valence-corrected chi connectivity index (χ4v) is 5.92. The van der Waals surface area contributed by atoms with Crippen molar-refractivity contribution in [3.63, 3.8) is 0 Å². The van der Waals surface area contributed by atoms with Crippen molar-refractivity contribution in [2.45, 2.75) is 37.0 Å². The molecular formula is C20H16N2O2S2. The Balaban J connectivity index is 1.55. The molecular weight excluding hydrogens is 364 g/mol. The summed E-state index contributed by atoms with van der Waals surface area (Å²) >= 11 is 3.48. The topological polar surface area (TPSA) is 56.0 Å². The number of fused-ring (bicyclic) bond motifs is 4. The maximum atomic E-state index is 12.0. The first kappa shape index (κ1) is 16.0. The van der Waals surface area contributed by atoms with Gasteiger partial charge in [-0.2, -0.15) is 0 Å². The zero-order valence-corrected chi connectivity index (χ0v) is 15.9. The Kier molecular flexibility index (Phi) is 3.83. The molecule has 3 aromatic heterocycles. The van der Waals surface area contributed by atoms with E-state index in [1.165, 1.54) is 22.2 Å². The van der Waals surface area contributed by atoms with Crippen LogP contribution < -0.4 is 5.63 Å². The Morgan fingerprint density at radius 2 is 2.15 bits per heavy atom. The van der Waals surface area contributed by atoms with Gasteiger partial charge < -0.3 is 4.42 Å². The van der Waals surface area contributed by atoms with Crippen molar-refractivity contribution in [2.24, 2.45) is 0 Å². The van der Waals surface area contributed by atoms with E-state index >= 15 is 0 Å². The highest BCUT2D eigenvalue weighted by molar-refractivity contribution is 7.98. The molecule has 4 aromatic rings. The lowest BCUT2D eigenvalue weighted by molar-refractivity contribution is 0.559. The number of benzene rings is 1. The van der Waals surface area contributed by atoms with Crippen molar-refractivity contribution in [1.82, 2.24) is 9.97 Å². The number of aromatic nitrogens is 2. The van der Waals surface area contributed by atoms with E-state index < -0.39 is 0 Å². The van der Waals surface area contributed by atoms with Crippen LogP contribution in [-0.2, 0) is 18.6 Å². The van der Waals surface area contributed by atoms with Crippen LogP contribution in [0.5, 0.6) is 0 Å². The van der Waals surface area contributed by atoms with Crippen molar-refractivity contribution in [3.05, 3.63) is 62.6 Å². The van der Waals surface area contributed by atoms with Gasteiger partial charge in [0.15, 0.2) is 0 Å². The lowest BCUT2D eigenvalue weighted by Gasteiger charge is -2.07. The Bertz CT molecular complexity index is 1210. The highest BCUT2D eigenvalue weighted by Gasteiger charge is 2.21. The van der Waals surface area contributed by atoms with Gasteiger partial charge in [0.05, 0.1) is 0 Å². The van der Waals surface area contributed by atoms with Crippen molar-refractivity contribution in [1.29, 1.82) is 0 Å².